The van der Waals surface area contributed by atoms with E-state index in [-0.39, 0.29) is 10.6 Å². The number of nitrogens with zero attached hydrogens (tertiary/aromatic N) is 3. The molecule has 2 rings (SSSR count). The van der Waals surface area contributed by atoms with Crippen LogP contribution in [0.2, 0.25) is 0 Å². The van der Waals surface area contributed by atoms with Crippen molar-refractivity contribution < 1.29 is 4.92 Å². The number of hydrogen-bond acceptors (Lipinski definition) is 5. The van der Waals surface area contributed by atoms with Gasteiger partial charge in [0.2, 0.25) is 5.82 Å². The minimum absolute atomic E-state index is 0.0760. The van der Waals surface area contributed by atoms with E-state index in [2.05, 4.69) is 10.3 Å². The van der Waals surface area contributed by atoms with Crippen LogP contribution in [0.1, 0.15) is 32.1 Å². The third-order valence-corrected chi connectivity index (χ3v) is 3.76. The zero-order valence-electron chi connectivity index (χ0n) is 11.4. The second-order valence-electron chi connectivity index (χ2n) is 4.95. The fourth-order valence-corrected chi connectivity index (χ4v) is 2.62. The van der Waals surface area contributed by atoms with E-state index in [0.29, 0.717) is 17.7 Å². The highest BCUT2D eigenvalue weighted by atomic mass is 16.6. The fraction of sp³-hybridized carbons (Fsp3) is 0.615. The predicted octanol–water partition coefficient (Wildman–Crippen LogP) is 2.80. The normalized spacial score (nSPS) is 16.1. The highest BCUT2D eigenvalue weighted by Crippen LogP contribution is 2.31. The van der Waals surface area contributed by atoms with Gasteiger partial charge in [-0.25, -0.2) is 4.98 Å². The summed E-state index contributed by atoms with van der Waals surface area (Å²) in [5.74, 6) is 1.12. The molecule has 0 bridgehead atoms. The monoisotopic (exact) mass is 264 g/mol. The fourth-order valence-electron chi connectivity index (χ4n) is 2.62. The van der Waals surface area contributed by atoms with Crippen LogP contribution in [-0.4, -0.2) is 30.0 Å². The molecule has 0 aliphatic heterocycles. The van der Waals surface area contributed by atoms with Crippen LogP contribution in [0.25, 0.3) is 0 Å². The van der Waals surface area contributed by atoms with E-state index in [1.165, 1.54) is 25.3 Å². The Morgan fingerprint density at radius 2 is 2.05 bits per heavy atom. The van der Waals surface area contributed by atoms with Gasteiger partial charge in [0.05, 0.1) is 4.92 Å². The van der Waals surface area contributed by atoms with E-state index in [1.807, 2.05) is 11.9 Å². The summed E-state index contributed by atoms with van der Waals surface area (Å²) in [6.07, 6.45) is 5.80. The van der Waals surface area contributed by atoms with E-state index < -0.39 is 0 Å². The standard InChI is InChI=1S/C13H20N4O2/c1-14-12-9-8-11(17(18)19)13(15-12)16(2)10-6-4-3-5-7-10/h8-10H,3-7H2,1-2H3,(H,14,15). The Hall–Kier alpha value is -1.85. The lowest BCUT2D eigenvalue weighted by Crippen LogP contribution is -2.34. The molecule has 0 aromatic carbocycles. The summed E-state index contributed by atoms with van der Waals surface area (Å²) in [5, 5.41) is 14.1. The zero-order chi connectivity index (χ0) is 13.8. The van der Waals surface area contributed by atoms with Crippen molar-refractivity contribution in [1.29, 1.82) is 0 Å². The van der Waals surface area contributed by atoms with Crippen LogP contribution in [-0.2, 0) is 0 Å². The molecule has 1 fully saturated rings. The quantitative estimate of drug-likeness (QED) is 0.668. The first-order valence-corrected chi connectivity index (χ1v) is 6.69. The molecule has 0 atom stereocenters. The Kier molecular flexibility index (Phi) is 4.19. The van der Waals surface area contributed by atoms with Crippen molar-refractivity contribution in [2.45, 2.75) is 38.1 Å². The summed E-state index contributed by atoms with van der Waals surface area (Å²) < 4.78 is 0. The van der Waals surface area contributed by atoms with Crippen molar-refractivity contribution in [3.8, 4) is 0 Å². The van der Waals surface area contributed by atoms with Crippen LogP contribution in [0.3, 0.4) is 0 Å². The number of hydrogen-bond donors (Lipinski definition) is 1. The van der Waals surface area contributed by atoms with Gasteiger partial charge in [-0.1, -0.05) is 19.3 Å². The molecule has 1 aromatic heterocycles. The van der Waals surface area contributed by atoms with Crippen LogP contribution in [0.5, 0.6) is 0 Å². The van der Waals surface area contributed by atoms with Crippen LogP contribution in [0.15, 0.2) is 12.1 Å². The Balaban J connectivity index is 2.31. The minimum atomic E-state index is -0.360. The molecule has 0 spiro atoms. The van der Waals surface area contributed by atoms with Gasteiger partial charge >= 0.3 is 5.69 Å². The minimum Gasteiger partial charge on any atom is -0.373 e. The lowest BCUT2D eigenvalue weighted by atomic mass is 9.94. The molecule has 0 saturated heterocycles. The first-order valence-electron chi connectivity index (χ1n) is 6.69. The molecular formula is C13H20N4O2. The van der Waals surface area contributed by atoms with Gasteiger partial charge in [-0.05, 0) is 18.9 Å². The molecule has 1 aliphatic rings. The highest BCUT2D eigenvalue weighted by Gasteiger charge is 2.25. The molecule has 1 aromatic rings. The van der Waals surface area contributed by atoms with Gasteiger partial charge in [0.15, 0.2) is 0 Å². The lowest BCUT2D eigenvalue weighted by Gasteiger charge is -2.31. The summed E-state index contributed by atoms with van der Waals surface area (Å²) in [5.41, 5.74) is 0.0760. The first kappa shape index (κ1) is 13.6. The van der Waals surface area contributed by atoms with E-state index in [4.69, 9.17) is 0 Å². The number of anilines is 2. The summed E-state index contributed by atoms with van der Waals surface area (Å²) >= 11 is 0. The van der Waals surface area contributed by atoms with Crippen LogP contribution in [0.4, 0.5) is 17.3 Å². The maximum absolute atomic E-state index is 11.1. The van der Waals surface area contributed by atoms with E-state index >= 15 is 0 Å². The van der Waals surface area contributed by atoms with Gasteiger partial charge in [0.1, 0.15) is 5.82 Å². The molecule has 1 heterocycles. The first-order chi connectivity index (χ1) is 9.13. The SMILES string of the molecule is CNc1ccc([N+](=O)[O-])c(N(C)C2CCCCC2)n1. The zero-order valence-corrected chi connectivity index (χ0v) is 11.4. The molecule has 6 heteroatoms. The van der Waals surface area contributed by atoms with E-state index in [1.54, 1.807) is 13.1 Å². The molecular weight excluding hydrogens is 244 g/mol. The molecule has 1 saturated carbocycles. The van der Waals surface area contributed by atoms with Gasteiger partial charge in [0, 0.05) is 26.2 Å². The Bertz CT molecular complexity index is 458. The van der Waals surface area contributed by atoms with Crippen molar-refractivity contribution in [2.75, 3.05) is 24.3 Å². The molecule has 0 unspecified atom stereocenters. The number of pyridine rings is 1. The van der Waals surface area contributed by atoms with E-state index in [9.17, 15) is 10.1 Å². The smallest absolute Gasteiger partial charge is 0.311 e. The second-order valence-corrected chi connectivity index (χ2v) is 4.95. The van der Waals surface area contributed by atoms with Crippen LogP contribution < -0.4 is 10.2 Å². The van der Waals surface area contributed by atoms with Crippen molar-refractivity contribution in [1.82, 2.24) is 4.98 Å². The summed E-state index contributed by atoms with van der Waals surface area (Å²) in [6.45, 7) is 0. The molecule has 19 heavy (non-hydrogen) atoms. The van der Waals surface area contributed by atoms with Gasteiger partial charge in [-0.2, -0.15) is 0 Å². The van der Waals surface area contributed by atoms with Crippen LogP contribution in [0, 0.1) is 10.1 Å². The lowest BCUT2D eigenvalue weighted by molar-refractivity contribution is -0.384. The van der Waals surface area contributed by atoms with Crippen molar-refractivity contribution in [3.05, 3.63) is 22.2 Å². The maximum atomic E-state index is 11.1. The largest absolute Gasteiger partial charge is 0.373 e. The Labute approximate surface area is 113 Å². The van der Waals surface area contributed by atoms with Gasteiger partial charge < -0.3 is 10.2 Å². The average Bonchev–Trinajstić information content (AvgIpc) is 2.46. The Morgan fingerprint density at radius 3 is 2.63 bits per heavy atom. The topological polar surface area (TPSA) is 71.3 Å². The molecule has 0 amide bonds. The summed E-state index contributed by atoms with van der Waals surface area (Å²) in [4.78, 5) is 17.1. The molecule has 104 valence electrons. The van der Waals surface area contributed by atoms with Gasteiger partial charge in [-0.15, -0.1) is 0 Å². The van der Waals surface area contributed by atoms with Crippen molar-refractivity contribution in [3.63, 3.8) is 0 Å². The van der Waals surface area contributed by atoms with Gasteiger partial charge in [-0.3, -0.25) is 10.1 Å². The molecule has 1 N–H and O–H groups in total. The summed E-state index contributed by atoms with van der Waals surface area (Å²) in [7, 11) is 3.67. The molecule has 6 nitrogen and oxygen atoms in total. The maximum Gasteiger partial charge on any atom is 0.311 e. The summed E-state index contributed by atoms with van der Waals surface area (Å²) in [6, 6.07) is 3.51. The number of nitro groups is 1. The third-order valence-electron chi connectivity index (χ3n) is 3.76. The number of aromatic nitrogens is 1. The highest BCUT2D eigenvalue weighted by molar-refractivity contribution is 5.61. The van der Waals surface area contributed by atoms with Crippen LogP contribution >= 0.6 is 0 Å². The molecule has 0 radical (unpaired) electrons. The van der Waals surface area contributed by atoms with Crippen molar-refractivity contribution >= 4 is 17.3 Å². The Morgan fingerprint density at radius 1 is 1.37 bits per heavy atom. The average molecular weight is 264 g/mol. The van der Waals surface area contributed by atoms with Crippen molar-refractivity contribution in [2.24, 2.45) is 0 Å². The number of rotatable bonds is 4. The molecule has 1 aliphatic carbocycles. The van der Waals surface area contributed by atoms with Gasteiger partial charge in [0.25, 0.3) is 0 Å². The predicted molar refractivity (Wildman–Crippen MR) is 75.7 cm³/mol. The number of nitrogens with one attached hydrogen (secondary N) is 1. The van der Waals surface area contributed by atoms with E-state index in [0.717, 1.165) is 12.8 Å². The second kappa shape index (κ2) is 5.86. The third kappa shape index (κ3) is 2.94.